The van der Waals surface area contributed by atoms with Gasteiger partial charge < -0.3 is 0 Å². The second-order valence-corrected chi connectivity index (χ2v) is 12.4. The van der Waals surface area contributed by atoms with Crippen LogP contribution in [0.3, 0.4) is 0 Å². The van der Waals surface area contributed by atoms with Crippen molar-refractivity contribution in [1.29, 1.82) is 0 Å². The first-order valence-electron chi connectivity index (χ1n) is 12.7. The monoisotopic (exact) mass is 472 g/mol. The van der Waals surface area contributed by atoms with Crippen molar-refractivity contribution in [3.63, 3.8) is 0 Å². The van der Waals surface area contributed by atoms with Crippen LogP contribution in [0.1, 0.15) is 130 Å². The fraction of sp³-hybridized carbons (Fsp3) is 0.714. The van der Waals surface area contributed by atoms with Crippen LogP contribution in [-0.2, 0) is 23.2 Å². The van der Waals surface area contributed by atoms with Crippen LogP contribution in [-0.4, -0.2) is 0 Å². The van der Waals surface area contributed by atoms with Gasteiger partial charge in [-0.1, -0.05) is 0 Å². The molecule has 0 N–H and O–H groups in total. The summed E-state index contributed by atoms with van der Waals surface area (Å²) in [5.74, 6) is 0. The van der Waals surface area contributed by atoms with E-state index in [1.807, 2.05) is 6.56 Å². The molecule has 0 aromatic carbocycles. The molecule has 0 spiro atoms. The van der Waals surface area contributed by atoms with Crippen molar-refractivity contribution in [3.05, 3.63) is 41.0 Å². The standard InChI is InChI=1S/2C14H23.Zr/c2*1-3-4-5-6-7-8-9-14-11-10-13(2)12-14;/h2*11H,3-10H2,1-2H3;. The molecule has 0 saturated carbocycles. The predicted molar refractivity (Wildman–Crippen MR) is 127 cm³/mol. The molecule has 2 aliphatic rings. The van der Waals surface area contributed by atoms with Gasteiger partial charge in [0.25, 0.3) is 0 Å². The molecule has 0 unspecified atom stereocenters. The zero-order chi connectivity index (χ0) is 20.9. The van der Waals surface area contributed by atoms with Crippen molar-refractivity contribution in [2.45, 2.75) is 130 Å². The molecule has 2 rings (SSSR count). The van der Waals surface area contributed by atoms with E-state index in [9.17, 15) is 0 Å². The van der Waals surface area contributed by atoms with Gasteiger partial charge in [0.1, 0.15) is 0 Å². The van der Waals surface area contributed by atoms with Gasteiger partial charge in [0.15, 0.2) is 0 Å². The molecule has 1 heteroatoms. The van der Waals surface area contributed by atoms with Gasteiger partial charge in [0.2, 0.25) is 0 Å². The molecular formula is C28H46Zr. The van der Waals surface area contributed by atoms with E-state index in [0.717, 1.165) is 0 Å². The second kappa shape index (κ2) is 14.8. The van der Waals surface area contributed by atoms with Gasteiger partial charge in [0.05, 0.1) is 0 Å². The van der Waals surface area contributed by atoms with Gasteiger partial charge in [0, 0.05) is 0 Å². The van der Waals surface area contributed by atoms with E-state index < -0.39 is 23.2 Å². The average Bonchev–Trinajstić information content (AvgIpc) is 3.24. The van der Waals surface area contributed by atoms with E-state index in [-0.39, 0.29) is 0 Å². The molecule has 29 heavy (non-hydrogen) atoms. The first kappa shape index (κ1) is 25.1. The molecule has 0 fully saturated rings. The van der Waals surface area contributed by atoms with E-state index in [1.165, 1.54) is 103 Å². The first-order chi connectivity index (χ1) is 14.2. The van der Waals surface area contributed by atoms with E-state index >= 15 is 0 Å². The quantitative estimate of drug-likeness (QED) is 0.196. The summed E-state index contributed by atoms with van der Waals surface area (Å²) in [5.41, 5.74) is 6.94. The summed E-state index contributed by atoms with van der Waals surface area (Å²) in [6.07, 6.45) is 27.3. The Morgan fingerprint density at radius 3 is 1.38 bits per heavy atom. The fourth-order valence-electron chi connectivity index (χ4n) is 4.65. The zero-order valence-corrected chi connectivity index (χ0v) is 22.4. The van der Waals surface area contributed by atoms with Crippen molar-refractivity contribution in [2.75, 3.05) is 0 Å². The summed E-state index contributed by atoms with van der Waals surface area (Å²) in [7, 11) is 0. The average molecular weight is 474 g/mol. The van der Waals surface area contributed by atoms with Gasteiger partial charge in [-0.25, -0.2) is 0 Å². The summed E-state index contributed by atoms with van der Waals surface area (Å²) in [6, 6.07) is 0. The van der Waals surface area contributed by atoms with E-state index in [2.05, 4.69) is 39.8 Å². The van der Waals surface area contributed by atoms with E-state index in [4.69, 9.17) is 0 Å². The molecular weight excluding hydrogens is 428 g/mol. The van der Waals surface area contributed by atoms with Crippen LogP contribution in [0.25, 0.3) is 0 Å². The molecule has 0 radical (unpaired) electrons. The Labute approximate surface area is 194 Å². The Hall–Kier alpha value is -0.157. The minimum atomic E-state index is -0.636. The van der Waals surface area contributed by atoms with Crippen LogP contribution in [0.15, 0.2) is 41.0 Å². The van der Waals surface area contributed by atoms with E-state index in [1.54, 1.807) is 22.3 Å². The van der Waals surface area contributed by atoms with Crippen molar-refractivity contribution < 1.29 is 23.2 Å². The molecule has 162 valence electrons. The number of hydrogen-bond donors (Lipinski definition) is 0. The third kappa shape index (κ3) is 8.85. The number of unbranched alkanes of at least 4 members (excludes halogenated alkanes) is 10. The Morgan fingerprint density at radius 1 is 0.586 bits per heavy atom. The number of rotatable bonds is 16. The van der Waals surface area contributed by atoms with Crippen molar-refractivity contribution in [3.8, 4) is 0 Å². The Morgan fingerprint density at radius 2 is 0.966 bits per heavy atom. The second-order valence-electron chi connectivity index (χ2n) is 9.34. The van der Waals surface area contributed by atoms with Crippen LogP contribution in [0.4, 0.5) is 0 Å². The zero-order valence-electron chi connectivity index (χ0n) is 20.0. The van der Waals surface area contributed by atoms with Gasteiger partial charge >= 0.3 is 195 Å². The Balaban J connectivity index is 1.81. The van der Waals surface area contributed by atoms with Crippen LogP contribution < -0.4 is 0 Å². The normalized spacial score (nSPS) is 16.7. The first-order valence-corrected chi connectivity index (χ1v) is 15.2. The van der Waals surface area contributed by atoms with Gasteiger partial charge in [-0.05, 0) is 0 Å². The summed E-state index contributed by atoms with van der Waals surface area (Å²) in [4.78, 5) is 0. The van der Waals surface area contributed by atoms with Crippen LogP contribution in [0.5, 0.6) is 0 Å². The van der Waals surface area contributed by atoms with Crippen LogP contribution >= 0.6 is 0 Å². The van der Waals surface area contributed by atoms with Crippen LogP contribution in [0.2, 0.25) is 0 Å². The summed E-state index contributed by atoms with van der Waals surface area (Å²) in [6.45, 7) is 9.46. The summed E-state index contributed by atoms with van der Waals surface area (Å²) in [5, 5.41) is 0. The Kier molecular flexibility index (Phi) is 12.8. The van der Waals surface area contributed by atoms with Crippen molar-refractivity contribution >= 4 is 0 Å². The van der Waals surface area contributed by atoms with Crippen molar-refractivity contribution in [2.24, 2.45) is 0 Å². The van der Waals surface area contributed by atoms with Gasteiger partial charge in [-0.2, -0.15) is 0 Å². The van der Waals surface area contributed by atoms with Gasteiger partial charge in [-0.15, -0.1) is 0 Å². The molecule has 0 aromatic rings. The maximum absolute atomic E-state index is 2.58. The van der Waals surface area contributed by atoms with E-state index in [0.29, 0.717) is 0 Å². The molecule has 0 heterocycles. The minimum absolute atomic E-state index is 0.636. The molecule has 0 saturated heterocycles. The molecule has 2 aliphatic carbocycles. The SMILES string of the molecule is CCCCCCCCC1=CCC(C)=[C]1[Zr][C]1=C(C)CC=C1CCCCCCCC. The fourth-order valence-corrected chi connectivity index (χ4v) is 8.72. The maximum atomic E-state index is 2.58. The number of hydrogen-bond acceptors (Lipinski definition) is 0. The third-order valence-electron chi connectivity index (χ3n) is 6.65. The predicted octanol–water partition coefficient (Wildman–Crippen LogP) is 9.78. The van der Waals surface area contributed by atoms with Crippen molar-refractivity contribution in [1.82, 2.24) is 0 Å². The molecule has 0 aliphatic heterocycles. The Bertz CT molecular complexity index is 560. The topological polar surface area (TPSA) is 0 Å². The summed E-state index contributed by atoms with van der Waals surface area (Å²) >= 11 is -0.636. The third-order valence-corrected chi connectivity index (χ3v) is 11.6. The summed E-state index contributed by atoms with van der Waals surface area (Å²) < 4.78 is 3.74. The molecule has 0 bridgehead atoms. The van der Waals surface area contributed by atoms with Crippen LogP contribution in [0, 0.1) is 0 Å². The van der Waals surface area contributed by atoms with Gasteiger partial charge in [-0.3, -0.25) is 0 Å². The molecule has 0 atom stereocenters. The number of allylic oxidation sites excluding steroid dienone is 8. The molecule has 0 nitrogen and oxygen atoms in total. The molecule has 0 amide bonds. The molecule has 0 aromatic heterocycles.